The third kappa shape index (κ3) is 3.57. The molecular weight excluding hydrogens is 292 g/mol. The van der Waals surface area contributed by atoms with Crippen LogP contribution in [-0.4, -0.2) is 11.7 Å². The number of hydrogen-bond donors (Lipinski definition) is 1. The van der Waals surface area contributed by atoms with Gasteiger partial charge >= 0.3 is 0 Å². The molecule has 0 saturated carbocycles. The zero-order chi connectivity index (χ0) is 17.4. The molecule has 1 N–H and O–H groups in total. The van der Waals surface area contributed by atoms with E-state index in [4.69, 9.17) is 5.11 Å². The molecule has 3 rings (SSSR count). The predicted octanol–water partition coefficient (Wildman–Crippen LogP) is 6.33. The smallest absolute Gasteiger partial charge is 0.0402 e. The van der Waals surface area contributed by atoms with Crippen LogP contribution in [-0.2, 0) is 5.41 Å². The summed E-state index contributed by atoms with van der Waals surface area (Å²) in [6.45, 7) is 6.54. The van der Waals surface area contributed by atoms with E-state index in [9.17, 15) is 0 Å². The molecule has 0 fully saturated rings. The van der Waals surface area contributed by atoms with Gasteiger partial charge in [0, 0.05) is 12.0 Å². The Hall–Kier alpha value is -1.60. The second-order valence-corrected chi connectivity index (χ2v) is 6.70. The van der Waals surface area contributed by atoms with Gasteiger partial charge in [-0.1, -0.05) is 88.1 Å². The number of rotatable bonds is 6. The molecule has 0 heterocycles. The molecule has 0 atom stereocenters. The van der Waals surface area contributed by atoms with E-state index in [1.54, 1.807) is 18.1 Å². The monoisotopic (exact) mass is 324 g/mol. The van der Waals surface area contributed by atoms with E-state index in [1.165, 1.54) is 49.7 Å². The number of benzene rings is 2. The molecule has 24 heavy (non-hydrogen) atoms. The Morgan fingerprint density at radius 2 is 1.08 bits per heavy atom. The normalized spacial score (nSPS) is 13.7. The number of aliphatic hydroxyl groups excluding tert-OH is 1. The molecular formula is C23H32O. The first kappa shape index (κ1) is 18.7. The van der Waals surface area contributed by atoms with Crippen LogP contribution in [0, 0.1) is 0 Å². The highest BCUT2D eigenvalue weighted by molar-refractivity contribution is 5.80. The molecule has 2 aromatic rings. The Labute approximate surface area is 147 Å². The Morgan fingerprint density at radius 3 is 1.46 bits per heavy atom. The quantitative estimate of drug-likeness (QED) is 0.658. The van der Waals surface area contributed by atoms with Crippen LogP contribution in [0.5, 0.6) is 0 Å². The zero-order valence-corrected chi connectivity index (χ0v) is 15.5. The molecule has 0 radical (unpaired) electrons. The van der Waals surface area contributed by atoms with Crippen LogP contribution in [0.1, 0.15) is 70.4 Å². The van der Waals surface area contributed by atoms with E-state index in [-0.39, 0.29) is 12.0 Å². The van der Waals surface area contributed by atoms with Gasteiger partial charge in [-0.15, -0.1) is 0 Å². The summed E-state index contributed by atoms with van der Waals surface area (Å²) < 4.78 is 0. The summed E-state index contributed by atoms with van der Waals surface area (Å²) in [5, 5.41) is 7.57. The van der Waals surface area contributed by atoms with Gasteiger partial charge in [-0.2, -0.15) is 0 Å². The molecule has 0 unspecified atom stereocenters. The first-order valence-electron chi connectivity index (χ1n) is 9.55. The fourth-order valence-electron chi connectivity index (χ4n) is 4.04. The van der Waals surface area contributed by atoms with E-state index in [0.29, 0.717) is 0 Å². The average Bonchev–Trinajstić information content (AvgIpc) is 2.90. The maximum atomic E-state index is 7.57. The van der Waals surface area contributed by atoms with Gasteiger partial charge in [0.05, 0.1) is 0 Å². The summed E-state index contributed by atoms with van der Waals surface area (Å²) >= 11 is 0. The minimum atomic E-state index is 0.250. The first-order valence-corrected chi connectivity index (χ1v) is 9.55. The summed E-state index contributed by atoms with van der Waals surface area (Å²) in [7, 11) is 0. The Kier molecular flexibility index (Phi) is 7.05. The second-order valence-electron chi connectivity index (χ2n) is 6.70. The van der Waals surface area contributed by atoms with Crippen molar-refractivity contribution in [3.05, 3.63) is 59.7 Å². The summed E-state index contributed by atoms with van der Waals surface area (Å²) in [5.74, 6) is 0. The van der Waals surface area contributed by atoms with E-state index in [2.05, 4.69) is 62.4 Å². The van der Waals surface area contributed by atoms with Crippen molar-refractivity contribution in [2.24, 2.45) is 0 Å². The third-order valence-corrected chi connectivity index (χ3v) is 5.09. The van der Waals surface area contributed by atoms with Crippen LogP contribution in [0.15, 0.2) is 48.5 Å². The van der Waals surface area contributed by atoms with Gasteiger partial charge in [0.2, 0.25) is 0 Å². The highest BCUT2D eigenvalue weighted by Gasteiger charge is 2.41. The number of fused-ring (bicyclic) bond motifs is 3. The van der Waals surface area contributed by atoms with Gasteiger partial charge in [0.15, 0.2) is 0 Å². The van der Waals surface area contributed by atoms with Crippen molar-refractivity contribution in [1.82, 2.24) is 0 Å². The third-order valence-electron chi connectivity index (χ3n) is 5.09. The number of hydrogen-bond acceptors (Lipinski definition) is 1. The average molecular weight is 325 g/mol. The molecule has 1 heteroatoms. The molecule has 0 amide bonds. The molecule has 0 saturated heterocycles. The molecule has 0 bridgehead atoms. The molecule has 130 valence electrons. The van der Waals surface area contributed by atoms with Crippen LogP contribution in [0.2, 0.25) is 0 Å². The minimum absolute atomic E-state index is 0.250. The van der Waals surface area contributed by atoms with E-state index < -0.39 is 0 Å². The van der Waals surface area contributed by atoms with E-state index in [0.717, 1.165) is 0 Å². The van der Waals surface area contributed by atoms with Crippen LogP contribution in [0.4, 0.5) is 0 Å². The molecule has 0 spiro atoms. The highest BCUT2D eigenvalue weighted by atomic mass is 16.2. The maximum Gasteiger partial charge on any atom is 0.0402 e. The van der Waals surface area contributed by atoms with Gasteiger partial charge in [0.1, 0.15) is 0 Å². The van der Waals surface area contributed by atoms with Crippen LogP contribution >= 0.6 is 0 Å². The molecule has 0 aromatic heterocycles. The number of unbranched alkanes of at least 4 members (excludes halogenated alkanes) is 2. The lowest BCUT2D eigenvalue weighted by molar-refractivity contribution is 0.318. The van der Waals surface area contributed by atoms with Crippen molar-refractivity contribution in [3.8, 4) is 11.1 Å². The molecule has 1 aliphatic rings. The Morgan fingerprint density at radius 1 is 0.708 bits per heavy atom. The predicted molar refractivity (Wildman–Crippen MR) is 104 cm³/mol. The lowest BCUT2D eigenvalue weighted by Gasteiger charge is -2.32. The second kappa shape index (κ2) is 9.03. The highest BCUT2D eigenvalue weighted by Crippen LogP contribution is 2.53. The molecule has 1 nitrogen and oxygen atoms in total. The maximum absolute atomic E-state index is 7.57. The van der Waals surface area contributed by atoms with Gasteiger partial charge in [-0.25, -0.2) is 0 Å². The Bertz CT molecular complexity index is 574. The number of aliphatic hydroxyl groups is 1. The van der Waals surface area contributed by atoms with Crippen molar-refractivity contribution in [2.75, 3.05) is 6.61 Å². The summed E-state index contributed by atoms with van der Waals surface area (Å²) in [5.41, 5.74) is 6.36. The van der Waals surface area contributed by atoms with Gasteiger partial charge in [0.25, 0.3) is 0 Å². The van der Waals surface area contributed by atoms with Crippen LogP contribution < -0.4 is 0 Å². The van der Waals surface area contributed by atoms with Crippen molar-refractivity contribution in [3.63, 3.8) is 0 Å². The van der Waals surface area contributed by atoms with Gasteiger partial charge in [-0.05, 0) is 42.0 Å². The SMILES string of the molecule is CCCCC1(CCCC)c2ccccc2-c2ccccc21.CCO. The summed E-state index contributed by atoms with van der Waals surface area (Å²) in [6.07, 6.45) is 7.75. The fraction of sp³-hybridized carbons (Fsp3) is 0.478. The van der Waals surface area contributed by atoms with Crippen molar-refractivity contribution < 1.29 is 5.11 Å². The van der Waals surface area contributed by atoms with Crippen LogP contribution in [0.25, 0.3) is 11.1 Å². The van der Waals surface area contributed by atoms with Gasteiger partial charge in [-0.3, -0.25) is 0 Å². The topological polar surface area (TPSA) is 20.2 Å². The molecule has 2 aromatic carbocycles. The van der Waals surface area contributed by atoms with Crippen molar-refractivity contribution in [2.45, 2.75) is 64.7 Å². The first-order chi connectivity index (χ1) is 11.7. The van der Waals surface area contributed by atoms with Crippen molar-refractivity contribution >= 4 is 0 Å². The molecule has 1 aliphatic carbocycles. The summed E-state index contributed by atoms with van der Waals surface area (Å²) in [6, 6.07) is 18.2. The van der Waals surface area contributed by atoms with Gasteiger partial charge < -0.3 is 5.11 Å². The van der Waals surface area contributed by atoms with Crippen LogP contribution in [0.3, 0.4) is 0 Å². The lowest BCUT2D eigenvalue weighted by atomic mass is 9.71. The zero-order valence-electron chi connectivity index (χ0n) is 15.5. The van der Waals surface area contributed by atoms with E-state index >= 15 is 0 Å². The minimum Gasteiger partial charge on any atom is -0.397 e. The fourth-order valence-corrected chi connectivity index (χ4v) is 4.04. The van der Waals surface area contributed by atoms with Crippen molar-refractivity contribution in [1.29, 1.82) is 0 Å². The van der Waals surface area contributed by atoms with E-state index in [1.807, 2.05) is 0 Å². The molecule has 0 aliphatic heterocycles. The largest absolute Gasteiger partial charge is 0.397 e. The summed E-state index contributed by atoms with van der Waals surface area (Å²) in [4.78, 5) is 0. The Balaban J connectivity index is 0.000000647. The lowest BCUT2D eigenvalue weighted by Crippen LogP contribution is -2.25. The standard InChI is InChI=1S/C21H26.C2H6O/c1-3-5-15-21(16-6-4-2)19-13-9-7-11-17(19)18-12-8-10-14-20(18)21;1-2-3/h7-14H,3-6,15-16H2,1-2H3;3H,2H2,1H3.